The zero-order chi connectivity index (χ0) is 23.6. The van der Waals surface area contributed by atoms with Gasteiger partial charge >= 0.3 is 0 Å². The van der Waals surface area contributed by atoms with Crippen molar-refractivity contribution in [3.8, 4) is 11.9 Å². The molecule has 0 aliphatic rings. The maximum atomic E-state index is 13.1. The molecule has 2 heterocycles. The second-order valence-electron chi connectivity index (χ2n) is 5.81. The molecular formula is C19H14BrClN6O2. The summed E-state index contributed by atoms with van der Waals surface area (Å²) in [5.74, 6) is -1.43. The summed E-state index contributed by atoms with van der Waals surface area (Å²) in [6.45, 7) is -1.18. The van der Waals surface area contributed by atoms with E-state index in [0.717, 1.165) is 0 Å². The van der Waals surface area contributed by atoms with E-state index in [1.54, 1.807) is 19.1 Å². The first kappa shape index (κ1) is 16.7. The van der Waals surface area contributed by atoms with Gasteiger partial charge in [0.05, 0.1) is 27.9 Å². The van der Waals surface area contributed by atoms with Gasteiger partial charge in [-0.15, -0.1) is 0 Å². The molecule has 29 heavy (non-hydrogen) atoms. The van der Waals surface area contributed by atoms with Crippen molar-refractivity contribution in [1.29, 1.82) is 5.26 Å². The van der Waals surface area contributed by atoms with Crippen LogP contribution in [0.5, 0.6) is 0 Å². The van der Waals surface area contributed by atoms with Crippen molar-refractivity contribution in [2.75, 3.05) is 12.3 Å². The van der Waals surface area contributed by atoms with Gasteiger partial charge in [-0.1, -0.05) is 11.6 Å². The summed E-state index contributed by atoms with van der Waals surface area (Å²) >= 11 is 9.40. The highest BCUT2D eigenvalue weighted by molar-refractivity contribution is 9.10. The van der Waals surface area contributed by atoms with Crippen molar-refractivity contribution in [2.45, 2.75) is 6.92 Å². The molecule has 0 radical (unpaired) electrons. The number of nitrogens with one attached hydrogen (secondary N) is 2. The molecule has 0 saturated heterocycles. The minimum absolute atomic E-state index is 0.0448. The van der Waals surface area contributed by atoms with Gasteiger partial charge in [-0.05, 0) is 52.7 Å². The molecule has 0 bridgehead atoms. The Kier molecular flexibility index (Phi) is 4.85. The highest BCUT2D eigenvalue weighted by Gasteiger charge is 2.22. The predicted octanol–water partition coefficient (Wildman–Crippen LogP) is 3.48. The number of rotatable bonds is 4. The number of benzene rings is 1. The topological polar surface area (TPSA) is 113 Å². The van der Waals surface area contributed by atoms with Crippen LogP contribution in [-0.4, -0.2) is 33.6 Å². The number of carbonyl (C=O) groups is 2. The zero-order valence-corrected chi connectivity index (χ0v) is 17.2. The number of anilines is 1. The third-order valence-electron chi connectivity index (χ3n) is 3.91. The van der Waals surface area contributed by atoms with Gasteiger partial charge < -0.3 is 10.6 Å². The second-order valence-corrected chi connectivity index (χ2v) is 7.03. The number of carbonyl (C=O) groups excluding carboxylic acids is 2. The van der Waals surface area contributed by atoms with Crippen LogP contribution in [0.4, 0.5) is 5.69 Å². The van der Waals surface area contributed by atoms with Crippen LogP contribution < -0.4 is 10.6 Å². The molecule has 0 fully saturated rings. The molecule has 8 nitrogen and oxygen atoms in total. The number of hydrogen-bond donors (Lipinski definition) is 2. The van der Waals surface area contributed by atoms with Gasteiger partial charge in [-0.3, -0.25) is 9.59 Å². The lowest BCUT2D eigenvalue weighted by Crippen LogP contribution is -2.24. The normalized spacial score (nSPS) is 12.3. The van der Waals surface area contributed by atoms with Crippen molar-refractivity contribution in [2.24, 2.45) is 0 Å². The lowest BCUT2D eigenvalue weighted by molar-refractivity contribution is 0.0964. The summed E-state index contributed by atoms with van der Waals surface area (Å²) < 4.78 is 23.4. The fraction of sp³-hybridized carbons (Fsp3) is 0.105. The molecule has 2 aromatic heterocycles. The van der Waals surface area contributed by atoms with Crippen LogP contribution in [0.25, 0.3) is 5.82 Å². The molecule has 0 aliphatic carbocycles. The molecule has 2 amide bonds. The van der Waals surface area contributed by atoms with Crippen LogP contribution in [0.3, 0.4) is 0 Å². The summed E-state index contributed by atoms with van der Waals surface area (Å²) in [5, 5.41) is 18.1. The summed E-state index contributed by atoms with van der Waals surface area (Å²) in [7, 11) is 0. The Labute approximate surface area is 183 Å². The molecule has 0 unspecified atom stereocenters. The van der Waals surface area contributed by atoms with Crippen LogP contribution in [0.15, 0.2) is 41.1 Å². The van der Waals surface area contributed by atoms with E-state index >= 15 is 0 Å². The highest BCUT2D eigenvalue weighted by Crippen LogP contribution is 2.26. The zero-order valence-electron chi connectivity index (χ0n) is 17.8. The molecule has 146 valence electrons. The first-order valence-electron chi connectivity index (χ1n) is 9.55. The SMILES string of the molecule is [2H][13C]([2H])([2H])NC(=O)c1cc(C#N)cc(C)c1NC(=O)c1cc(Br)nn1-c1ncccc1Cl. The standard InChI is InChI=1S/C19H14BrClN6O2/c1-10-6-11(9-22)7-12(18(28)23-2)16(10)25-19(29)14-8-15(20)26-27(14)17-13(21)4-3-5-24-17/h3-8H,1-2H3,(H,23,28)(H,25,29)/i2+1D3. The van der Waals surface area contributed by atoms with Gasteiger partial charge in [-0.25, -0.2) is 9.67 Å². The Morgan fingerprint density at radius 2 is 2.14 bits per heavy atom. The van der Waals surface area contributed by atoms with Gasteiger partial charge in [0.15, 0.2) is 5.82 Å². The summed E-state index contributed by atoms with van der Waals surface area (Å²) in [5.41, 5.74) is 0.431. The maximum Gasteiger partial charge on any atom is 0.274 e. The molecule has 0 spiro atoms. The third-order valence-corrected chi connectivity index (χ3v) is 4.60. The molecular weight excluding hydrogens is 461 g/mol. The Hall–Kier alpha value is -3.22. The molecule has 1 aromatic carbocycles. The fourth-order valence-electron chi connectivity index (χ4n) is 2.65. The predicted molar refractivity (Wildman–Crippen MR) is 111 cm³/mol. The first-order valence-corrected chi connectivity index (χ1v) is 9.22. The largest absolute Gasteiger partial charge is 0.355 e. The van der Waals surface area contributed by atoms with Crippen molar-refractivity contribution in [1.82, 2.24) is 20.1 Å². The lowest BCUT2D eigenvalue weighted by atomic mass is 10.0. The summed E-state index contributed by atoms with van der Waals surface area (Å²) in [6.07, 6.45) is 1.49. The van der Waals surface area contributed by atoms with E-state index in [0.29, 0.717) is 10.2 Å². The van der Waals surface area contributed by atoms with Crippen LogP contribution in [0, 0.1) is 18.3 Å². The molecule has 0 atom stereocenters. The number of amides is 2. The molecule has 10 heteroatoms. The van der Waals surface area contributed by atoms with Gasteiger partial charge in [0, 0.05) is 23.4 Å². The quantitative estimate of drug-likeness (QED) is 0.559. The van der Waals surface area contributed by atoms with Crippen LogP contribution in [-0.2, 0) is 0 Å². The van der Waals surface area contributed by atoms with Crippen molar-refractivity contribution in [3.05, 3.63) is 68.5 Å². The van der Waals surface area contributed by atoms with E-state index in [-0.39, 0.29) is 33.3 Å². The van der Waals surface area contributed by atoms with Gasteiger partial charge in [-0.2, -0.15) is 10.4 Å². The van der Waals surface area contributed by atoms with E-state index in [2.05, 4.69) is 31.3 Å². The average Bonchev–Trinajstić information content (AvgIpc) is 3.09. The third kappa shape index (κ3) is 4.13. The van der Waals surface area contributed by atoms with E-state index in [9.17, 15) is 14.9 Å². The van der Waals surface area contributed by atoms with Crippen LogP contribution in [0.2, 0.25) is 5.02 Å². The van der Waals surface area contributed by atoms with Gasteiger partial charge in [0.1, 0.15) is 10.3 Å². The Morgan fingerprint density at radius 1 is 1.34 bits per heavy atom. The molecule has 3 aromatic rings. The fourth-order valence-corrected chi connectivity index (χ4v) is 3.23. The van der Waals surface area contributed by atoms with E-state index < -0.39 is 18.8 Å². The summed E-state index contributed by atoms with van der Waals surface area (Å²) in [6, 6.07) is 9.21. The molecule has 0 saturated carbocycles. The van der Waals surface area contributed by atoms with Crippen molar-refractivity contribution >= 4 is 45.0 Å². The number of pyridine rings is 1. The maximum absolute atomic E-state index is 13.1. The van der Waals surface area contributed by atoms with E-state index in [1.165, 1.54) is 29.1 Å². The number of aromatic nitrogens is 3. The second kappa shape index (κ2) is 8.43. The van der Waals surface area contributed by atoms with E-state index in [1.807, 2.05) is 11.4 Å². The number of hydrogen-bond acceptors (Lipinski definition) is 5. The summed E-state index contributed by atoms with van der Waals surface area (Å²) in [4.78, 5) is 29.8. The molecule has 2 N–H and O–H groups in total. The van der Waals surface area contributed by atoms with E-state index in [4.69, 9.17) is 15.7 Å². The molecule has 0 aliphatic heterocycles. The minimum Gasteiger partial charge on any atom is -0.355 e. The Bertz CT molecular complexity index is 1270. The highest BCUT2D eigenvalue weighted by atomic mass is 79.9. The van der Waals surface area contributed by atoms with Crippen molar-refractivity contribution < 1.29 is 13.7 Å². The Balaban J connectivity index is 2.05. The molecule has 3 rings (SSSR count). The minimum atomic E-state index is -2.76. The first-order chi connectivity index (χ1) is 15.0. The lowest BCUT2D eigenvalue weighted by Gasteiger charge is -2.14. The van der Waals surface area contributed by atoms with Gasteiger partial charge in [0.2, 0.25) is 0 Å². The average molecular weight is 478 g/mol. The van der Waals surface area contributed by atoms with Gasteiger partial charge in [0.25, 0.3) is 11.8 Å². The smallest absolute Gasteiger partial charge is 0.274 e. The number of aryl methyl sites for hydroxylation is 1. The number of halogens is 2. The number of nitriles is 1. The van der Waals surface area contributed by atoms with Crippen molar-refractivity contribution in [3.63, 3.8) is 0 Å². The monoisotopic (exact) mass is 476 g/mol. The number of nitrogens with zero attached hydrogens (tertiary/aromatic N) is 4. The van der Waals surface area contributed by atoms with Crippen LogP contribution >= 0.6 is 27.5 Å². The Morgan fingerprint density at radius 3 is 2.83 bits per heavy atom. The van der Waals surface area contributed by atoms with Crippen LogP contribution in [0.1, 0.15) is 36.1 Å².